The second kappa shape index (κ2) is 4.12. The molecular formula is C12H22N2S. The lowest BCUT2D eigenvalue weighted by Gasteiger charge is -2.60. The maximum Gasteiger partial charge on any atom is 0.164 e. The van der Waals surface area contributed by atoms with Gasteiger partial charge >= 0.3 is 0 Å². The zero-order chi connectivity index (χ0) is 11.7. The Kier molecular flexibility index (Phi) is 3.44. The van der Waals surface area contributed by atoms with Crippen LogP contribution in [0.3, 0.4) is 0 Å². The van der Waals surface area contributed by atoms with Crippen LogP contribution in [0.15, 0.2) is 12.2 Å². The van der Waals surface area contributed by atoms with Crippen LogP contribution in [0, 0.1) is 11.3 Å². The molecule has 0 radical (unpaired) electrons. The predicted octanol–water partition coefficient (Wildman–Crippen LogP) is 2.59. The third-order valence-electron chi connectivity index (χ3n) is 4.03. The Labute approximate surface area is 98.3 Å². The summed E-state index contributed by atoms with van der Waals surface area (Å²) < 4.78 is 0. The normalized spacial score (nSPS) is 40.1. The minimum atomic E-state index is 0.0178. The molecule has 0 bridgehead atoms. The van der Waals surface area contributed by atoms with Crippen LogP contribution in [0.2, 0.25) is 0 Å². The summed E-state index contributed by atoms with van der Waals surface area (Å²) >= 11 is 4.94. The first kappa shape index (κ1) is 12.5. The molecule has 3 heteroatoms. The predicted molar refractivity (Wildman–Crippen MR) is 69.6 cm³/mol. The van der Waals surface area contributed by atoms with Gasteiger partial charge in [-0.05, 0) is 37.9 Å². The van der Waals surface area contributed by atoms with Gasteiger partial charge in [-0.15, -0.1) is 0 Å². The molecule has 0 aromatic carbocycles. The molecular weight excluding hydrogens is 204 g/mol. The molecule has 0 aromatic rings. The smallest absolute Gasteiger partial charge is 0.164 e. The molecule has 1 aliphatic carbocycles. The van der Waals surface area contributed by atoms with Crippen molar-refractivity contribution in [2.45, 2.75) is 46.1 Å². The highest BCUT2D eigenvalue weighted by Gasteiger charge is 2.56. The van der Waals surface area contributed by atoms with E-state index in [-0.39, 0.29) is 11.0 Å². The molecule has 2 nitrogen and oxygen atoms in total. The number of hydrogen-bond donors (Lipinski definition) is 2. The molecule has 3 N–H and O–H groups in total. The largest absolute Gasteiger partial charge is 0.376 e. The van der Waals surface area contributed by atoms with Crippen LogP contribution in [0.4, 0.5) is 0 Å². The van der Waals surface area contributed by atoms with E-state index in [1.807, 2.05) is 0 Å². The molecule has 1 unspecified atom stereocenters. The lowest BCUT2D eigenvalue weighted by molar-refractivity contribution is -0.0113. The zero-order valence-corrected chi connectivity index (χ0v) is 10.9. The molecule has 15 heavy (non-hydrogen) atoms. The van der Waals surface area contributed by atoms with Crippen molar-refractivity contribution in [3.05, 3.63) is 12.2 Å². The van der Waals surface area contributed by atoms with Gasteiger partial charge in [0.15, 0.2) is 5.11 Å². The Bertz CT molecular complexity index is 287. The van der Waals surface area contributed by atoms with Crippen molar-refractivity contribution in [3.8, 4) is 0 Å². The first-order chi connectivity index (χ1) is 6.85. The fraction of sp³-hybridized carbons (Fsp3) is 0.750. The van der Waals surface area contributed by atoms with Gasteiger partial charge in [0.25, 0.3) is 0 Å². The maximum atomic E-state index is 5.58. The van der Waals surface area contributed by atoms with Gasteiger partial charge in [0.1, 0.15) is 0 Å². The lowest BCUT2D eigenvalue weighted by atomic mass is 9.50. The molecule has 86 valence electrons. The Morgan fingerprint density at radius 3 is 2.60 bits per heavy atom. The van der Waals surface area contributed by atoms with Crippen LogP contribution in [0.1, 0.15) is 40.5 Å². The van der Waals surface area contributed by atoms with Gasteiger partial charge in [0, 0.05) is 11.0 Å². The van der Waals surface area contributed by atoms with Crippen molar-refractivity contribution in [1.29, 1.82) is 0 Å². The number of thiocarbonyl (C=S) groups is 1. The minimum Gasteiger partial charge on any atom is -0.376 e. The molecule has 1 saturated carbocycles. The van der Waals surface area contributed by atoms with Gasteiger partial charge in [-0.3, -0.25) is 0 Å². The summed E-state index contributed by atoms with van der Waals surface area (Å²) in [7, 11) is 0. The van der Waals surface area contributed by atoms with Gasteiger partial charge in [0.2, 0.25) is 0 Å². The molecule has 1 aliphatic rings. The fourth-order valence-corrected chi connectivity index (χ4v) is 2.85. The molecule has 1 fully saturated rings. The Morgan fingerprint density at radius 2 is 2.20 bits per heavy atom. The van der Waals surface area contributed by atoms with E-state index in [2.05, 4.69) is 45.2 Å². The molecule has 0 aromatic heterocycles. The van der Waals surface area contributed by atoms with Crippen molar-refractivity contribution in [2.24, 2.45) is 17.1 Å². The Morgan fingerprint density at radius 1 is 1.60 bits per heavy atom. The summed E-state index contributed by atoms with van der Waals surface area (Å²) in [6, 6.07) is 0. The summed E-state index contributed by atoms with van der Waals surface area (Å²) in [5.41, 5.74) is 5.76. The molecule has 0 heterocycles. The van der Waals surface area contributed by atoms with Crippen molar-refractivity contribution in [2.75, 3.05) is 0 Å². The molecule has 0 aliphatic heterocycles. The highest BCUT2D eigenvalue weighted by molar-refractivity contribution is 7.80. The minimum absolute atomic E-state index is 0.0178. The second-order valence-corrected chi connectivity index (χ2v) is 5.46. The van der Waals surface area contributed by atoms with Crippen molar-refractivity contribution < 1.29 is 0 Å². The van der Waals surface area contributed by atoms with E-state index in [1.165, 1.54) is 0 Å². The average Bonchev–Trinajstić information content (AvgIpc) is 2.12. The number of hydrogen-bond acceptors (Lipinski definition) is 1. The van der Waals surface area contributed by atoms with Crippen LogP contribution in [-0.4, -0.2) is 10.7 Å². The molecule has 3 atom stereocenters. The van der Waals surface area contributed by atoms with Crippen LogP contribution in [0.5, 0.6) is 0 Å². The quantitative estimate of drug-likeness (QED) is 0.574. The van der Waals surface area contributed by atoms with E-state index in [1.54, 1.807) is 0 Å². The third-order valence-corrected chi connectivity index (χ3v) is 4.13. The number of allylic oxidation sites excluding steroid dienone is 1. The van der Waals surface area contributed by atoms with Crippen LogP contribution < -0.4 is 11.1 Å². The summed E-state index contributed by atoms with van der Waals surface area (Å²) in [6.07, 6.45) is 6.74. The van der Waals surface area contributed by atoms with Crippen LogP contribution in [-0.2, 0) is 0 Å². The van der Waals surface area contributed by atoms with E-state index in [4.69, 9.17) is 18.0 Å². The summed E-state index contributed by atoms with van der Waals surface area (Å²) in [6.45, 7) is 8.91. The molecule has 0 saturated heterocycles. The van der Waals surface area contributed by atoms with Crippen LogP contribution in [0.25, 0.3) is 0 Å². The first-order valence-electron chi connectivity index (χ1n) is 5.61. The topological polar surface area (TPSA) is 38.0 Å². The van der Waals surface area contributed by atoms with E-state index in [0.29, 0.717) is 11.0 Å². The van der Waals surface area contributed by atoms with Gasteiger partial charge in [0.05, 0.1) is 0 Å². The van der Waals surface area contributed by atoms with E-state index in [0.717, 1.165) is 12.8 Å². The van der Waals surface area contributed by atoms with Gasteiger partial charge < -0.3 is 11.1 Å². The third kappa shape index (κ3) is 2.03. The monoisotopic (exact) mass is 226 g/mol. The van der Waals surface area contributed by atoms with Crippen molar-refractivity contribution >= 4 is 17.3 Å². The van der Waals surface area contributed by atoms with Crippen molar-refractivity contribution in [1.82, 2.24) is 5.32 Å². The number of nitrogens with two attached hydrogens (primary N) is 1. The highest BCUT2D eigenvalue weighted by atomic mass is 32.1. The number of rotatable bonds is 3. The second-order valence-electron chi connectivity index (χ2n) is 5.02. The average molecular weight is 226 g/mol. The van der Waals surface area contributed by atoms with E-state index >= 15 is 0 Å². The van der Waals surface area contributed by atoms with Gasteiger partial charge in [-0.2, -0.15) is 0 Å². The maximum absolute atomic E-state index is 5.58. The van der Waals surface area contributed by atoms with Gasteiger partial charge in [-0.25, -0.2) is 0 Å². The standard InChI is InChI=1S/C12H22N2S/c1-5-6-7-11(3)9(2)8-12(11,4)14-10(13)15/h6-7,9H,5,8H2,1-4H3,(H3,13,14,15)/b7-6-/t9-,11+,12?/m0/s1. The molecule has 1 rings (SSSR count). The summed E-state index contributed by atoms with van der Waals surface area (Å²) in [4.78, 5) is 0. The summed E-state index contributed by atoms with van der Waals surface area (Å²) in [5, 5.41) is 3.65. The Balaban J connectivity index is 2.84. The lowest BCUT2D eigenvalue weighted by Crippen LogP contribution is -2.68. The summed E-state index contributed by atoms with van der Waals surface area (Å²) in [5.74, 6) is 0.673. The van der Waals surface area contributed by atoms with E-state index in [9.17, 15) is 0 Å². The fourth-order valence-electron chi connectivity index (χ4n) is 2.63. The highest BCUT2D eigenvalue weighted by Crippen LogP contribution is 2.55. The first-order valence-corrected chi connectivity index (χ1v) is 6.02. The molecule has 0 amide bonds. The zero-order valence-electron chi connectivity index (χ0n) is 10.1. The number of nitrogens with one attached hydrogen (secondary N) is 1. The van der Waals surface area contributed by atoms with E-state index < -0.39 is 0 Å². The van der Waals surface area contributed by atoms with Crippen LogP contribution >= 0.6 is 12.2 Å². The SMILES string of the molecule is CC/C=C\[C@]1(C)[C@@H](C)CC1(C)NC(N)=S. The van der Waals surface area contributed by atoms with Gasteiger partial charge in [-0.1, -0.05) is 32.9 Å². The molecule has 0 spiro atoms. The Hall–Kier alpha value is -0.570. The van der Waals surface area contributed by atoms with Crippen molar-refractivity contribution in [3.63, 3.8) is 0 Å².